The highest BCUT2D eigenvalue weighted by molar-refractivity contribution is 7.97. The monoisotopic (exact) mass is 431 g/mol. The van der Waals surface area contributed by atoms with E-state index in [0.717, 1.165) is 27.9 Å². The third-order valence-electron chi connectivity index (χ3n) is 4.57. The van der Waals surface area contributed by atoms with Crippen LogP contribution in [0.3, 0.4) is 0 Å². The van der Waals surface area contributed by atoms with Gasteiger partial charge in [-0.2, -0.15) is 11.8 Å². The van der Waals surface area contributed by atoms with Gasteiger partial charge in [-0.25, -0.2) is 32.9 Å². The molecule has 4 rings (SSSR count). The first-order chi connectivity index (χ1) is 13.8. The maximum absolute atomic E-state index is 14.3. The molecule has 0 aliphatic rings. The van der Waals surface area contributed by atoms with Gasteiger partial charge >= 0.3 is 0 Å². The number of pyridine rings is 2. The van der Waals surface area contributed by atoms with Gasteiger partial charge in [0.1, 0.15) is 22.1 Å². The number of rotatable bonds is 5. The summed E-state index contributed by atoms with van der Waals surface area (Å²) < 4.78 is 39.3. The molecule has 0 amide bonds. The molecule has 10 heteroatoms. The fraction of sp³-hybridized carbons (Fsp3) is 0.211. The minimum atomic E-state index is -4.11. The minimum Gasteiger partial charge on any atom is -0.322 e. The Kier molecular flexibility index (Phi) is 5.01. The lowest BCUT2D eigenvalue weighted by molar-refractivity contribution is 0.566. The molecule has 0 atom stereocenters. The fourth-order valence-electron chi connectivity index (χ4n) is 3.31. The van der Waals surface area contributed by atoms with Gasteiger partial charge in [0, 0.05) is 17.6 Å². The molecule has 3 aromatic heterocycles. The maximum atomic E-state index is 14.3. The Morgan fingerprint density at radius 1 is 1.21 bits per heavy atom. The van der Waals surface area contributed by atoms with E-state index in [-0.39, 0.29) is 0 Å². The molecule has 4 aromatic rings. The molecule has 0 aliphatic carbocycles. The largest absolute Gasteiger partial charge is 0.322 e. The van der Waals surface area contributed by atoms with Crippen LogP contribution >= 0.6 is 11.8 Å². The number of fused-ring (bicyclic) bond motifs is 3. The first-order valence-corrected chi connectivity index (χ1v) is 11.6. The second kappa shape index (κ2) is 7.36. The van der Waals surface area contributed by atoms with Crippen LogP contribution in [-0.4, -0.2) is 34.2 Å². The maximum Gasteiger partial charge on any atom is 0.240 e. The number of nitrogens with zero attached hydrogens (tertiary/aromatic N) is 4. The van der Waals surface area contributed by atoms with Crippen LogP contribution in [0.25, 0.3) is 22.1 Å². The summed E-state index contributed by atoms with van der Waals surface area (Å²) in [5.74, 6) is 0.607. The van der Waals surface area contributed by atoms with E-state index >= 15 is 0 Å². The number of hydrogen-bond donors (Lipinski definition) is 1. The molecule has 1 aromatic carbocycles. The normalized spacial score (nSPS) is 12.1. The molecule has 7 nitrogen and oxygen atoms in total. The number of benzene rings is 1. The van der Waals surface area contributed by atoms with Gasteiger partial charge in [-0.3, -0.25) is 0 Å². The Hall–Kier alpha value is -2.56. The van der Waals surface area contributed by atoms with E-state index in [0.29, 0.717) is 23.5 Å². The minimum absolute atomic E-state index is 0.321. The van der Waals surface area contributed by atoms with Crippen molar-refractivity contribution in [1.82, 2.24) is 19.5 Å². The topological polar surface area (TPSA) is 104 Å². The van der Waals surface area contributed by atoms with Crippen molar-refractivity contribution >= 4 is 43.9 Å². The summed E-state index contributed by atoms with van der Waals surface area (Å²) in [6.45, 7) is 2.22. The van der Waals surface area contributed by atoms with Gasteiger partial charge in [-0.1, -0.05) is 6.07 Å². The van der Waals surface area contributed by atoms with Gasteiger partial charge in [0.25, 0.3) is 0 Å². The second-order valence-corrected chi connectivity index (χ2v) is 9.07. The smallest absolute Gasteiger partial charge is 0.240 e. The van der Waals surface area contributed by atoms with E-state index in [1.54, 1.807) is 24.0 Å². The highest BCUT2D eigenvalue weighted by Crippen LogP contribution is 2.27. The standard InChI is InChI=1S/C19H18FN5O2S2/c1-11-3-5-13-18-15(8-22-19(13)23-11)24-17(10-28-2)25(18)9-12-4-6-16(14(20)7-12)29(21,26)27/h3-8H,9-10H2,1-2H3,(H2,21,26,27). The number of thioether (sulfide) groups is 1. The molecule has 0 radical (unpaired) electrons. The zero-order valence-corrected chi connectivity index (χ0v) is 17.4. The zero-order chi connectivity index (χ0) is 20.8. The SMILES string of the molecule is CSCc1nc2cnc3nc(C)ccc3c2n1Cc1ccc(S(N)(=O)=O)c(F)c1. The van der Waals surface area contributed by atoms with Gasteiger partial charge in [0.05, 0.1) is 17.5 Å². The quantitative estimate of drug-likeness (QED) is 0.521. The van der Waals surface area contributed by atoms with E-state index in [9.17, 15) is 12.8 Å². The van der Waals surface area contributed by atoms with Gasteiger partial charge in [0.15, 0.2) is 5.65 Å². The Morgan fingerprint density at radius 3 is 2.69 bits per heavy atom. The van der Waals surface area contributed by atoms with Gasteiger partial charge in [0.2, 0.25) is 10.0 Å². The first-order valence-electron chi connectivity index (χ1n) is 8.69. The van der Waals surface area contributed by atoms with Crippen molar-refractivity contribution in [1.29, 1.82) is 0 Å². The van der Waals surface area contributed by atoms with Crippen molar-refractivity contribution < 1.29 is 12.8 Å². The van der Waals surface area contributed by atoms with Crippen LogP contribution in [-0.2, 0) is 22.3 Å². The number of halogens is 1. The molecule has 0 unspecified atom stereocenters. The molecule has 3 heterocycles. The third-order valence-corrected chi connectivity index (χ3v) is 6.06. The van der Waals surface area contributed by atoms with Crippen molar-refractivity contribution in [3.05, 3.63) is 59.4 Å². The molecule has 2 N–H and O–H groups in total. The molecule has 0 saturated carbocycles. The predicted octanol–water partition coefficient (Wildman–Crippen LogP) is 2.99. The van der Waals surface area contributed by atoms with Crippen LogP contribution in [0.1, 0.15) is 17.1 Å². The van der Waals surface area contributed by atoms with Gasteiger partial charge in [-0.15, -0.1) is 0 Å². The first kappa shape index (κ1) is 19.7. The van der Waals surface area contributed by atoms with Crippen LogP contribution < -0.4 is 5.14 Å². The van der Waals surface area contributed by atoms with Crippen molar-refractivity contribution in [2.75, 3.05) is 6.26 Å². The molecular weight excluding hydrogens is 413 g/mol. The summed E-state index contributed by atoms with van der Waals surface area (Å²) in [5, 5.41) is 5.91. The van der Waals surface area contributed by atoms with E-state index in [4.69, 9.17) is 10.1 Å². The Labute approximate surface area is 171 Å². The average Bonchev–Trinajstić information content (AvgIpc) is 2.98. The third kappa shape index (κ3) is 3.70. The molecule has 0 saturated heterocycles. The molecule has 0 fully saturated rings. The number of hydrogen-bond acceptors (Lipinski definition) is 6. The zero-order valence-electron chi connectivity index (χ0n) is 15.8. The molecule has 0 spiro atoms. The Balaban J connectivity index is 1.90. The van der Waals surface area contributed by atoms with Crippen molar-refractivity contribution in [3.8, 4) is 0 Å². The molecule has 29 heavy (non-hydrogen) atoms. The van der Waals surface area contributed by atoms with E-state index in [1.165, 1.54) is 12.1 Å². The van der Waals surface area contributed by atoms with Crippen LogP contribution in [0.2, 0.25) is 0 Å². The summed E-state index contributed by atoms with van der Waals surface area (Å²) in [7, 11) is -4.11. The van der Waals surface area contributed by atoms with Crippen molar-refractivity contribution in [3.63, 3.8) is 0 Å². The predicted molar refractivity (Wildman–Crippen MR) is 112 cm³/mol. The van der Waals surface area contributed by atoms with Crippen molar-refractivity contribution in [2.24, 2.45) is 5.14 Å². The molecule has 0 aliphatic heterocycles. The molecule has 0 bridgehead atoms. The van der Waals surface area contributed by atoms with E-state index in [2.05, 4.69) is 9.97 Å². The lowest BCUT2D eigenvalue weighted by atomic mass is 10.2. The number of primary sulfonamides is 1. The number of imidazole rings is 1. The summed E-state index contributed by atoms with van der Waals surface area (Å²) >= 11 is 1.62. The van der Waals surface area contributed by atoms with Crippen LogP contribution in [0.5, 0.6) is 0 Å². The van der Waals surface area contributed by atoms with Crippen LogP contribution in [0, 0.1) is 12.7 Å². The highest BCUT2D eigenvalue weighted by Gasteiger charge is 2.18. The van der Waals surface area contributed by atoms with Gasteiger partial charge in [-0.05, 0) is 43.0 Å². The molecular formula is C19H18FN5O2S2. The van der Waals surface area contributed by atoms with Crippen molar-refractivity contribution in [2.45, 2.75) is 24.1 Å². The van der Waals surface area contributed by atoms with Gasteiger partial charge < -0.3 is 4.57 Å². The summed E-state index contributed by atoms with van der Waals surface area (Å²) in [5.41, 5.74) is 3.67. The van der Waals surface area contributed by atoms with Crippen LogP contribution in [0.15, 0.2) is 41.4 Å². The Morgan fingerprint density at radius 2 is 2.00 bits per heavy atom. The van der Waals surface area contributed by atoms with E-state index in [1.807, 2.05) is 29.9 Å². The fourth-order valence-corrected chi connectivity index (χ4v) is 4.37. The molecule has 150 valence electrons. The average molecular weight is 432 g/mol. The summed E-state index contributed by atoms with van der Waals surface area (Å²) in [6.07, 6.45) is 3.67. The summed E-state index contributed by atoms with van der Waals surface area (Å²) in [6, 6.07) is 7.82. The lowest BCUT2D eigenvalue weighted by Gasteiger charge is -2.11. The Bertz CT molecular complexity index is 1350. The highest BCUT2D eigenvalue weighted by atomic mass is 32.2. The lowest BCUT2D eigenvalue weighted by Crippen LogP contribution is -2.14. The second-order valence-electron chi connectivity index (χ2n) is 6.67. The number of aromatic nitrogens is 4. The van der Waals surface area contributed by atoms with Crippen LogP contribution in [0.4, 0.5) is 4.39 Å². The number of aryl methyl sites for hydroxylation is 1. The van der Waals surface area contributed by atoms with E-state index < -0.39 is 20.7 Å². The number of sulfonamides is 1. The number of nitrogens with two attached hydrogens (primary N) is 1. The summed E-state index contributed by atoms with van der Waals surface area (Å²) in [4.78, 5) is 13.1.